The Bertz CT molecular complexity index is 1430. The molecular formula is C22H20ClF3N8O2. The van der Waals surface area contributed by atoms with Crippen LogP contribution in [0, 0.1) is 0 Å². The van der Waals surface area contributed by atoms with Gasteiger partial charge in [0.2, 0.25) is 0 Å². The summed E-state index contributed by atoms with van der Waals surface area (Å²) < 4.78 is 49.4. The first-order chi connectivity index (χ1) is 17.2. The third kappa shape index (κ3) is 4.51. The van der Waals surface area contributed by atoms with Crippen LogP contribution in [0.5, 0.6) is 0 Å². The van der Waals surface area contributed by atoms with Crippen molar-refractivity contribution in [3.8, 4) is 5.82 Å². The molecule has 188 valence electrons. The minimum absolute atomic E-state index is 0.0601. The number of carbonyl (C=O) groups excluding carboxylic acids is 1. The third-order valence-electron chi connectivity index (χ3n) is 5.82. The number of aromatic nitrogens is 7. The summed E-state index contributed by atoms with van der Waals surface area (Å²) in [6, 6.07) is 4.22. The van der Waals surface area contributed by atoms with Gasteiger partial charge < -0.3 is 10.1 Å². The fourth-order valence-electron chi connectivity index (χ4n) is 4.08. The summed E-state index contributed by atoms with van der Waals surface area (Å²) in [5, 5.41) is 19.5. The number of ether oxygens (including phenoxy) is 1. The highest BCUT2D eigenvalue weighted by Gasteiger charge is 2.36. The van der Waals surface area contributed by atoms with E-state index in [9.17, 15) is 18.0 Å². The number of carbonyl (C=O) groups is 1. The molecular weight excluding hydrogens is 501 g/mol. The van der Waals surface area contributed by atoms with Crippen molar-refractivity contribution >= 4 is 28.4 Å². The average molecular weight is 521 g/mol. The maximum absolute atomic E-state index is 13.8. The van der Waals surface area contributed by atoms with Crippen molar-refractivity contribution < 1.29 is 22.7 Å². The van der Waals surface area contributed by atoms with Gasteiger partial charge >= 0.3 is 6.18 Å². The minimum atomic E-state index is -4.65. The summed E-state index contributed by atoms with van der Waals surface area (Å²) in [6.45, 7) is 1.69. The number of nitrogens with one attached hydrogen (secondary N) is 1. The number of halogens is 4. The van der Waals surface area contributed by atoms with Crippen molar-refractivity contribution in [2.45, 2.75) is 44.6 Å². The lowest BCUT2D eigenvalue weighted by Crippen LogP contribution is -2.29. The van der Waals surface area contributed by atoms with Crippen LogP contribution < -0.4 is 5.32 Å². The summed E-state index contributed by atoms with van der Waals surface area (Å²) in [6.07, 6.45) is -1.71. The molecule has 3 aromatic heterocycles. The quantitative estimate of drug-likeness (QED) is 0.391. The molecule has 36 heavy (non-hydrogen) atoms. The van der Waals surface area contributed by atoms with Crippen molar-refractivity contribution in [2.24, 2.45) is 0 Å². The van der Waals surface area contributed by atoms with E-state index >= 15 is 0 Å². The Morgan fingerprint density at radius 1 is 1.28 bits per heavy atom. The van der Waals surface area contributed by atoms with Crippen LogP contribution >= 0.6 is 11.6 Å². The minimum Gasteiger partial charge on any atom is -0.362 e. The highest BCUT2D eigenvalue weighted by atomic mass is 35.5. The Morgan fingerprint density at radius 2 is 2.06 bits per heavy atom. The largest absolute Gasteiger partial charge is 0.416 e. The van der Waals surface area contributed by atoms with Crippen LogP contribution in [0.3, 0.4) is 0 Å². The molecule has 3 heterocycles. The van der Waals surface area contributed by atoms with Crippen LogP contribution in [-0.2, 0) is 17.6 Å². The van der Waals surface area contributed by atoms with Crippen molar-refractivity contribution in [3.63, 3.8) is 0 Å². The fraction of sp³-hybridized carbons (Fsp3) is 0.364. The Kier molecular flexibility index (Phi) is 6.12. The molecule has 1 amide bonds. The maximum atomic E-state index is 13.8. The lowest BCUT2D eigenvalue weighted by Gasteiger charge is -2.15. The normalized spacial score (nSPS) is 14.8. The molecule has 1 aromatic carbocycles. The zero-order valence-electron chi connectivity index (χ0n) is 19.1. The number of rotatable bonds is 7. The Labute approximate surface area is 207 Å². The van der Waals surface area contributed by atoms with Crippen molar-refractivity contribution in [1.82, 2.24) is 40.1 Å². The predicted octanol–water partition coefficient (Wildman–Crippen LogP) is 4.05. The fourth-order valence-corrected chi connectivity index (χ4v) is 4.18. The van der Waals surface area contributed by atoms with Gasteiger partial charge in [-0.1, -0.05) is 11.6 Å². The highest BCUT2D eigenvalue weighted by molar-refractivity contribution is 6.29. The van der Waals surface area contributed by atoms with Crippen LogP contribution in [0.1, 0.15) is 59.2 Å². The number of amides is 1. The van der Waals surface area contributed by atoms with Crippen molar-refractivity contribution in [1.29, 1.82) is 0 Å². The first kappa shape index (κ1) is 24.1. The Hall–Kier alpha value is -3.58. The number of hydrogen-bond acceptors (Lipinski definition) is 7. The number of alkyl halides is 3. The van der Waals surface area contributed by atoms with Gasteiger partial charge in [-0.2, -0.15) is 28.1 Å². The van der Waals surface area contributed by atoms with Gasteiger partial charge in [-0.05, 0) is 44.0 Å². The second-order valence-electron chi connectivity index (χ2n) is 8.43. The van der Waals surface area contributed by atoms with Gasteiger partial charge in [0.25, 0.3) is 5.91 Å². The zero-order valence-corrected chi connectivity index (χ0v) is 19.9. The van der Waals surface area contributed by atoms with E-state index in [1.165, 1.54) is 28.9 Å². The van der Waals surface area contributed by atoms with Crippen molar-refractivity contribution in [3.05, 3.63) is 58.4 Å². The highest BCUT2D eigenvalue weighted by Crippen LogP contribution is 2.45. The molecule has 1 fully saturated rings. The van der Waals surface area contributed by atoms with E-state index in [1.807, 2.05) is 0 Å². The van der Waals surface area contributed by atoms with Gasteiger partial charge in [0.15, 0.2) is 16.8 Å². The van der Waals surface area contributed by atoms with E-state index in [0.717, 1.165) is 25.0 Å². The Morgan fingerprint density at radius 3 is 2.69 bits per heavy atom. The number of nitrogens with zero attached hydrogens (tertiary/aromatic N) is 7. The van der Waals surface area contributed by atoms with E-state index in [1.54, 1.807) is 13.0 Å². The summed E-state index contributed by atoms with van der Waals surface area (Å²) in [4.78, 5) is 17.5. The molecule has 1 saturated carbocycles. The second kappa shape index (κ2) is 9.13. The third-order valence-corrected chi connectivity index (χ3v) is 6.02. The van der Waals surface area contributed by atoms with Gasteiger partial charge in [-0.15, -0.1) is 10.2 Å². The number of fused-ring (bicyclic) bond motifs is 1. The van der Waals surface area contributed by atoms with E-state index < -0.39 is 23.7 Å². The molecule has 4 aromatic rings. The van der Waals surface area contributed by atoms with Crippen LogP contribution in [0.4, 0.5) is 13.2 Å². The van der Waals surface area contributed by atoms with E-state index in [2.05, 4.69) is 30.7 Å². The molecule has 14 heteroatoms. The van der Waals surface area contributed by atoms with E-state index in [0.29, 0.717) is 22.7 Å². The number of hydrogen-bond donors (Lipinski definition) is 1. The lowest BCUT2D eigenvalue weighted by molar-refractivity contribution is -0.137. The molecule has 0 saturated heterocycles. The standard InChI is InChI=1S/C22H20ClF3N8O2/c1-11(20-27-9-28-34(20)17-6-5-16(23)30-31-17)29-21(35)15-8-13(22(24,25)26)7-14-18(15)32-33(10-36-2)19(14)12-3-4-12/h5-9,11-12H,3-4,10H2,1-2H3,(H,29,35)/t11-/m0/s1. The van der Waals surface area contributed by atoms with Gasteiger partial charge in [0.1, 0.15) is 18.6 Å². The molecule has 0 aliphatic heterocycles. The van der Waals surface area contributed by atoms with Gasteiger partial charge in [-0.3, -0.25) is 4.79 Å². The maximum Gasteiger partial charge on any atom is 0.416 e. The lowest BCUT2D eigenvalue weighted by atomic mass is 10.0. The number of methoxy groups -OCH3 is 1. The summed E-state index contributed by atoms with van der Waals surface area (Å²) in [5.74, 6) is -0.0594. The summed E-state index contributed by atoms with van der Waals surface area (Å²) in [5.41, 5.74) is -0.301. The summed E-state index contributed by atoms with van der Waals surface area (Å²) in [7, 11) is 1.47. The van der Waals surface area contributed by atoms with E-state index in [-0.39, 0.29) is 28.9 Å². The Balaban J connectivity index is 1.53. The first-order valence-electron chi connectivity index (χ1n) is 11.0. The predicted molar refractivity (Wildman–Crippen MR) is 122 cm³/mol. The van der Waals surface area contributed by atoms with Crippen molar-refractivity contribution in [2.75, 3.05) is 7.11 Å². The van der Waals surface area contributed by atoms with Gasteiger partial charge in [0.05, 0.1) is 22.9 Å². The number of benzene rings is 1. The molecule has 0 radical (unpaired) electrons. The molecule has 0 spiro atoms. The van der Waals surface area contributed by atoms with Crippen LogP contribution in [0.25, 0.3) is 16.7 Å². The SMILES string of the molecule is COCn1nc2c(C(=O)N[C@@H](C)c3ncnn3-c3ccc(Cl)nn3)cc(C(F)(F)F)cc2c1C1CC1. The van der Waals surface area contributed by atoms with Crippen LogP contribution in [0.15, 0.2) is 30.6 Å². The second-order valence-corrected chi connectivity index (χ2v) is 8.82. The van der Waals surface area contributed by atoms with Gasteiger partial charge in [0, 0.05) is 18.4 Å². The molecule has 1 atom stereocenters. The van der Waals surface area contributed by atoms with Crippen LogP contribution in [0.2, 0.25) is 5.15 Å². The first-order valence-corrected chi connectivity index (χ1v) is 11.4. The zero-order chi connectivity index (χ0) is 25.6. The molecule has 1 aliphatic rings. The summed E-state index contributed by atoms with van der Waals surface area (Å²) >= 11 is 5.79. The molecule has 0 bridgehead atoms. The topological polar surface area (TPSA) is 113 Å². The molecule has 0 unspecified atom stereocenters. The monoisotopic (exact) mass is 520 g/mol. The van der Waals surface area contributed by atoms with Crippen LogP contribution in [-0.4, -0.2) is 47.8 Å². The molecule has 10 nitrogen and oxygen atoms in total. The average Bonchev–Trinajstić information content (AvgIpc) is 3.41. The molecule has 5 rings (SSSR count). The molecule has 1 aliphatic carbocycles. The van der Waals surface area contributed by atoms with Gasteiger partial charge in [-0.25, -0.2) is 9.67 Å². The van der Waals surface area contributed by atoms with E-state index in [4.69, 9.17) is 16.3 Å². The molecule has 1 N–H and O–H groups in total. The smallest absolute Gasteiger partial charge is 0.362 e.